The average Bonchev–Trinajstić information content (AvgIpc) is 1.59. The van der Waals surface area contributed by atoms with Crippen molar-refractivity contribution in [1.29, 1.82) is 0 Å². The third-order valence-electron chi connectivity index (χ3n) is 1.46. The molecule has 0 rings (SSSR count). The first-order chi connectivity index (χ1) is 4.42. The molecule has 0 atom stereocenters. The Labute approximate surface area is 70.0 Å². The molecule has 0 aromatic rings. The van der Waals surface area contributed by atoms with Gasteiger partial charge >= 0.3 is 0 Å². The third-order valence-corrected chi connectivity index (χ3v) is 1.66. The Hall–Kier alpha value is 0.0900. The fraction of sp³-hybridized carbons (Fsp3) is 0.889. The van der Waals surface area contributed by atoms with Crippen LogP contribution in [0.15, 0.2) is 0 Å². The van der Waals surface area contributed by atoms with Gasteiger partial charge in [0, 0.05) is 0 Å². The van der Waals surface area contributed by atoms with Crippen LogP contribution < -0.4 is 0 Å². The second-order valence-electron chi connectivity index (χ2n) is 4.12. The summed E-state index contributed by atoms with van der Waals surface area (Å²) in [5.41, 5.74) is 0.477. The lowest BCUT2D eigenvalue weighted by Crippen LogP contribution is -2.04. The standard InChI is InChI=1S/C9H18S/c1-8(10)6-5-7-9(2,3)4/h5-7H2,1-4H3. The summed E-state index contributed by atoms with van der Waals surface area (Å²) in [6, 6.07) is 0. The summed E-state index contributed by atoms with van der Waals surface area (Å²) in [5.74, 6) is 0. The van der Waals surface area contributed by atoms with Crippen molar-refractivity contribution < 1.29 is 0 Å². The summed E-state index contributed by atoms with van der Waals surface area (Å²) in [6.07, 6.45) is 3.65. The van der Waals surface area contributed by atoms with Crippen LogP contribution in [0.1, 0.15) is 47.0 Å². The van der Waals surface area contributed by atoms with Crippen LogP contribution >= 0.6 is 12.2 Å². The Morgan fingerprint density at radius 3 is 2.10 bits per heavy atom. The molecule has 10 heavy (non-hydrogen) atoms. The molecule has 0 amide bonds. The van der Waals surface area contributed by atoms with E-state index in [0.29, 0.717) is 5.41 Å². The Bertz CT molecular complexity index is 108. The topological polar surface area (TPSA) is 0 Å². The molecule has 0 nitrogen and oxygen atoms in total. The summed E-state index contributed by atoms with van der Waals surface area (Å²) in [4.78, 5) is 1.14. The van der Waals surface area contributed by atoms with E-state index in [1.165, 1.54) is 12.8 Å². The van der Waals surface area contributed by atoms with Crippen molar-refractivity contribution in [3.63, 3.8) is 0 Å². The second kappa shape index (κ2) is 4.07. The lowest BCUT2D eigenvalue weighted by molar-refractivity contribution is 0.369. The molecule has 60 valence electrons. The molecular weight excluding hydrogens is 140 g/mol. The average molecular weight is 158 g/mol. The van der Waals surface area contributed by atoms with Gasteiger partial charge in [-0.05, 0) is 36.5 Å². The van der Waals surface area contributed by atoms with E-state index in [1.807, 2.05) is 6.92 Å². The van der Waals surface area contributed by atoms with Crippen molar-refractivity contribution in [2.75, 3.05) is 0 Å². The minimum atomic E-state index is 0.477. The zero-order valence-corrected chi connectivity index (χ0v) is 8.35. The van der Waals surface area contributed by atoms with E-state index in [4.69, 9.17) is 12.2 Å². The molecule has 0 N–H and O–H groups in total. The van der Waals surface area contributed by atoms with Gasteiger partial charge in [0.1, 0.15) is 0 Å². The maximum absolute atomic E-state index is 4.98. The van der Waals surface area contributed by atoms with Crippen LogP contribution in [-0.2, 0) is 0 Å². The first-order valence-electron chi connectivity index (χ1n) is 3.91. The maximum atomic E-state index is 4.98. The van der Waals surface area contributed by atoms with Gasteiger partial charge in [-0.2, -0.15) is 0 Å². The smallest absolute Gasteiger partial charge is 0.0102 e. The molecule has 0 radical (unpaired) electrons. The van der Waals surface area contributed by atoms with Crippen LogP contribution in [0.2, 0.25) is 0 Å². The van der Waals surface area contributed by atoms with Gasteiger partial charge < -0.3 is 0 Å². The molecule has 0 saturated carbocycles. The lowest BCUT2D eigenvalue weighted by Gasteiger charge is -2.17. The van der Waals surface area contributed by atoms with Crippen molar-refractivity contribution in [1.82, 2.24) is 0 Å². The van der Waals surface area contributed by atoms with Crippen LogP contribution in [0.5, 0.6) is 0 Å². The van der Waals surface area contributed by atoms with Gasteiger partial charge in [-0.3, -0.25) is 0 Å². The van der Waals surface area contributed by atoms with E-state index in [1.54, 1.807) is 0 Å². The predicted octanol–water partition coefficient (Wildman–Crippen LogP) is 3.59. The van der Waals surface area contributed by atoms with Crippen LogP contribution in [-0.4, -0.2) is 4.86 Å². The SMILES string of the molecule is CC(=S)CCCC(C)(C)C. The Morgan fingerprint density at radius 2 is 1.80 bits per heavy atom. The molecule has 0 bridgehead atoms. The highest BCUT2D eigenvalue weighted by molar-refractivity contribution is 7.80. The van der Waals surface area contributed by atoms with Gasteiger partial charge in [-0.1, -0.05) is 33.0 Å². The highest BCUT2D eigenvalue weighted by Crippen LogP contribution is 2.21. The van der Waals surface area contributed by atoms with Gasteiger partial charge in [0.05, 0.1) is 0 Å². The van der Waals surface area contributed by atoms with Crippen LogP contribution in [0.3, 0.4) is 0 Å². The monoisotopic (exact) mass is 158 g/mol. The van der Waals surface area contributed by atoms with E-state index in [-0.39, 0.29) is 0 Å². The summed E-state index contributed by atoms with van der Waals surface area (Å²) >= 11 is 4.98. The summed E-state index contributed by atoms with van der Waals surface area (Å²) in [5, 5.41) is 0. The van der Waals surface area contributed by atoms with Crippen molar-refractivity contribution in [2.45, 2.75) is 47.0 Å². The first kappa shape index (κ1) is 10.1. The molecule has 0 aliphatic rings. The third kappa shape index (κ3) is 8.09. The molecule has 0 aliphatic carbocycles. The van der Waals surface area contributed by atoms with Crippen molar-refractivity contribution in [3.05, 3.63) is 0 Å². The van der Waals surface area contributed by atoms with Gasteiger partial charge in [-0.15, -0.1) is 0 Å². The normalized spacial score (nSPS) is 11.6. The Kier molecular flexibility index (Phi) is 4.11. The van der Waals surface area contributed by atoms with E-state index >= 15 is 0 Å². The molecule has 0 aliphatic heterocycles. The largest absolute Gasteiger partial charge is 0.0900 e. The van der Waals surface area contributed by atoms with Crippen molar-refractivity contribution >= 4 is 17.1 Å². The molecular formula is C9H18S. The van der Waals surface area contributed by atoms with E-state index in [0.717, 1.165) is 11.3 Å². The summed E-state index contributed by atoms with van der Waals surface area (Å²) in [6.45, 7) is 8.83. The fourth-order valence-electron chi connectivity index (χ4n) is 0.868. The molecule has 0 aromatic heterocycles. The minimum absolute atomic E-state index is 0.477. The van der Waals surface area contributed by atoms with Gasteiger partial charge in [0.15, 0.2) is 0 Å². The molecule has 0 unspecified atom stereocenters. The quantitative estimate of drug-likeness (QED) is 0.566. The molecule has 0 heterocycles. The summed E-state index contributed by atoms with van der Waals surface area (Å²) < 4.78 is 0. The number of hydrogen-bond donors (Lipinski definition) is 0. The minimum Gasteiger partial charge on any atom is -0.0900 e. The highest BCUT2D eigenvalue weighted by Gasteiger charge is 2.08. The Morgan fingerprint density at radius 1 is 1.30 bits per heavy atom. The van der Waals surface area contributed by atoms with E-state index in [2.05, 4.69) is 20.8 Å². The van der Waals surface area contributed by atoms with Gasteiger partial charge in [-0.25, -0.2) is 0 Å². The molecule has 0 aromatic carbocycles. The predicted molar refractivity (Wildman–Crippen MR) is 51.6 cm³/mol. The second-order valence-corrected chi connectivity index (χ2v) is 4.81. The van der Waals surface area contributed by atoms with Crippen LogP contribution in [0.4, 0.5) is 0 Å². The summed E-state index contributed by atoms with van der Waals surface area (Å²) in [7, 11) is 0. The molecule has 0 fully saturated rings. The van der Waals surface area contributed by atoms with Crippen molar-refractivity contribution in [2.24, 2.45) is 5.41 Å². The number of rotatable bonds is 3. The fourth-order valence-corrected chi connectivity index (χ4v) is 1.01. The van der Waals surface area contributed by atoms with E-state index < -0.39 is 0 Å². The zero-order valence-electron chi connectivity index (χ0n) is 7.53. The lowest BCUT2D eigenvalue weighted by atomic mass is 9.90. The van der Waals surface area contributed by atoms with Crippen molar-refractivity contribution in [3.8, 4) is 0 Å². The molecule has 0 spiro atoms. The zero-order chi connectivity index (χ0) is 8.20. The Balaban J connectivity index is 3.29. The maximum Gasteiger partial charge on any atom is -0.0102 e. The van der Waals surface area contributed by atoms with E-state index in [9.17, 15) is 0 Å². The molecule has 0 saturated heterocycles. The van der Waals surface area contributed by atoms with Crippen LogP contribution in [0, 0.1) is 5.41 Å². The van der Waals surface area contributed by atoms with Crippen LogP contribution in [0.25, 0.3) is 0 Å². The molecule has 1 heteroatoms. The number of thiocarbonyl (C=S) groups is 1. The first-order valence-corrected chi connectivity index (χ1v) is 4.32. The van der Waals surface area contributed by atoms with Gasteiger partial charge in [0.2, 0.25) is 0 Å². The van der Waals surface area contributed by atoms with Gasteiger partial charge in [0.25, 0.3) is 0 Å². The highest BCUT2D eigenvalue weighted by atomic mass is 32.1. The number of hydrogen-bond acceptors (Lipinski definition) is 1.